The molecule has 0 aliphatic heterocycles. The lowest BCUT2D eigenvalue weighted by atomic mass is 10.1. The third kappa shape index (κ3) is 3.45. The molecule has 2 rings (SSSR count). The molecule has 1 atom stereocenters. The quantitative estimate of drug-likeness (QED) is 0.607. The van der Waals surface area contributed by atoms with Crippen molar-refractivity contribution < 1.29 is 14.7 Å². The monoisotopic (exact) mass is 263 g/mol. The van der Waals surface area contributed by atoms with Crippen LogP contribution in [0.15, 0.2) is 24.3 Å². The second-order valence-electron chi connectivity index (χ2n) is 4.67. The molecule has 1 aromatic rings. The summed E-state index contributed by atoms with van der Waals surface area (Å²) in [5.41, 5.74) is 7.79. The topological polar surface area (TPSA) is 104 Å². The molecule has 0 radical (unpaired) electrons. The van der Waals surface area contributed by atoms with E-state index >= 15 is 0 Å². The summed E-state index contributed by atoms with van der Waals surface area (Å²) >= 11 is 0. The Morgan fingerprint density at radius 2 is 1.89 bits per heavy atom. The Labute approximate surface area is 111 Å². The highest BCUT2D eigenvalue weighted by Gasteiger charge is 2.22. The van der Waals surface area contributed by atoms with E-state index in [9.17, 15) is 9.59 Å². The number of nitrogens with two attached hydrogens (primary N) is 1. The van der Waals surface area contributed by atoms with Gasteiger partial charge in [0.25, 0.3) is 0 Å². The number of rotatable bonds is 4. The van der Waals surface area contributed by atoms with Gasteiger partial charge in [0.2, 0.25) is 0 Å². The molecule has 1 aliphatic carbocycles. The van der Waals surface area contributed by atoms with Crippen LogP contribution in [0.2, 0.25) is 0 Å². The maximum atomic E-state index is 11.6. The Bertz CT molecular complexity index is 465. The molecule has 6 heteroatoms. The summed E-state index contributed by atoms with van der Waals surface area (Å²) in [4.78, 5) is 22.1. The van der Waals surface area contributed by atoms with Crippen molar-refractivity contribution in [3.05, 3.63) is 35.4 Å². The van der Waals surface area contributed by atoms with Gasteiger partial charge in [-0.15, -0.1) is 0 Å². The minimum absolute atomic E-state index is 0.0541. The summed E-state index contributed by atoms with van der Waals surface area (Å²) in [6.45, 7) is -0.0825. The van der Waals surface area contributed by atoms with Gasteiger partial charge in [-0.1, -0.05) is 24.3 Å². The Hall–Kier alpha value is -2.08. The second-order valence-corrected chi connectivity index (χ2v) is 4.67. The van der Waals surface area contributed by atoms with E-state index in [4.69, 9.17) is 10.8 Å². The van der Waals surface area contributed by atoms with Gasteiger partial charge in [0.15, 0.2) is 0 Å². The average molecular weight is 263 g/mol. The standard InChI is InChI=1S/C13H17N3O3/c14-11(12(17)18)7-15-13(19)16-10-5-8-3-1-2-4-9(8)6-10/h1-4,10-11H,5-7,14H2,(H,17,18)(H2,15,16,19)/t11-/m0/s1. The molecule has 0 saturated heterocycles. The lowest BCUT2D eigenvalue weighted by Gasteiger charge is -2.14. The first-order valence-corrected chi connectivity index (χ1v) is 6.16. The van der Waals surface area contributed by atoms with Crippen LogP contribution < -0.4 is 16.4 Å². The van der Waals surface area contributed by atoms with Gasteiger partial charge in [0, 0.05) is 12.6 Å². The van der Waals surface area contributed by atoms with Crippen LogP contribution in [0.3, 0.4) is 0 Å². The van der Waals surface area contributed by atoms with E-state index in [0.717, 1.165) is 12.8 Å². The fourth-order valence-electron chi connectivity index (χ4n) is 2.19. The molecule has 0 spiro atoms. The number of aliphatic carboxylic acids is 1. The summed E-state index contributed by atoms with van der Waals surface area (Å²) < 4.78 is 0. The molecule has 19 heavy (non-hydrogen) atoms. The summed E-state index contributed by atoms with van der Waals surface area (Å²) in [6.07, 6.45) is 1.60. The van der Waals surface area contributed by atoms with Gasteiger partial charge in [-0.3, -0.25) is 4.79 Å². The Morgan fingerprint density at radius 3 is 2.42 bits per heavy atom. The van der Waals surface area contributed by atoms with E-state index in [-0.39, 0.29) is 18.6 Å². The van der Waals surface area contributed by atoms with Crippen LogP contribution in [-0.2, 0) is 17.6 Å². The first-order chi connectivity index (χ1) is 9.06. The van der Waals surface area contributed by atoms with E-state index in [1.54, 1.807) is 0 Å². The number of fused-ring (bicyclic) bond motifs is 1. The number of hydrogen-bond acceptors (Lipinski definition) is 3. The summed E-state index contributed by atoms with van der Waals surface area (Å²) in [7, 11) is 0. The molecule has 0 bridgehead atoms. The number of benzene rings is 1. The molecule has 0 heterocycles. The van der Waals surface area contributed by atoms with E-state index in [0.29, 0.717) is 0 Å². The smallest absolute Gasteiger partial charge is 0.322 e. The van der Waals surface area contributed by atoms with Crippen LogP contribution in [0, 0.1) is 0 Å². The van der Waals surface area contributed by atoms with Crippen LogP contribution in [0.4, 0.5) is 4.79 Å². The van der Waals surface area contributed by atoms with E-state index in [1.807, 2.05) is 12.1 Å². The SMILES string of the molecule is N[C@@H](CNC(=O)NC1Cc2ccccc2C1)C(=O)O. The number of hydrogen-bond donors (Lipinski definition) is 4. The van der Waals surface area contributed by atoms with Gasteiger partial charge in [-0.2, -0.15) is 0 Å². The van der Waals surface area contributed by atoms with Crippen LogP contribution in [0.5, 0.6) is 0 Å². The molecule has 6 nitrogen and oxygen atoms in total. The van der Waals surface area contributed by atoms with Crippen molar-refractivity contribution >= 4 is 12.0 Å². The lowest BCUT2D eigenvalue weighted by molar-refractivity contribution is -0.138. The van der Waals surface area contributed by atoms with E-state index in [1.165, 1.54) is 11.1 Å². The molecule has 0 saturated carbocycles. The van der Waals surface area contributed by atoms with Crippen LogP contribution in [0.25, 0.3) is 0 Å². The van der Waals surface area contributed by atoms with Crippen molar-refractivity contribution in [1.82, 2.24) is 10.6 Å². The molecular weight excluding hydrogens is 246 g/mol. The van der Waals surface area contributed by atoms with Gasteiger partial charge < -0.3 is 21.5 Å². The predicted molar refractivity (Wildman–Crippen MR) is 69.8 cm³/mol. The minimum Gasteiger partial charge on any atom is -0.480 e. The molecule has 0 unspecified atom stereocenters. The molecule has 0 fully saturated rings. The fraction of sp³-hybridized carbons (Fsp3) is 0.385. The van der Waals surface area contributed by atoms with E-state index < -0.39 is 12.0 Å². The van der Waals surface area contributed by atoms with Gasteiger partial charge >= 0.3 is 12.0 Å². The lowest BCUT2D eigenvalue weighted by Crippen LogP contribution is -2.48. The highest BCUT2D eigenvalue weighted by molar-refractivity contribution is 5.77. The third-order valence-electron chi connectivity index (χ3n) is 3.19. The van der Waals surface area contributed by atoms with Crippen LogP contribution in [0.1, 0.15) is 11.1 Å². The third-order valence-corrected chi connectivity index (χ3v) is 3.19. The van der Waals surface area contributed by atoms with E-state index in [2.05, 4.69) is 22.8 Å². The Morgan fingerprint density at radius 1 is 1.32 bits per heavy atom. The van der Waals surface area contributed by atoms with Gasteiger partial charge in [-0.05, 0) is 24.0 Å². The van der Waals surface area contributed by atoms with Crippen molar-refractivity contribution in [3.63, 3.8) is 0 Å². The molecule has 1 aliphatic rings. The predicted octanol–water partition coefficient (Wildman–Crippen LogP) is -0.135. The summed E-state index contributed by atoms with van der Waals surface area (Å²) in [5, 5.41) is 13.9. The molecule has 1 aromatic carbocycles. The normalized spacial score (nSPS) is 15.6. The van der Waals surface area contributed by atoms with Crippen molar-refractivity contribution in [1.29, 1.82) is 0 Å². The molecule has 5 N–H and O–H groups in total. The second kappa shape index (κ2) is 5.71. The number of carboxylic acids is 1. The number of carboxylic acid groups (broad SMARTS) is 1. The first kappa shape index (κ1) is 13.4. The largest absolute Gasteiger partial charge is 0.480 e. The molecule has 0 aromatic heterocycles. The first-order valence-electron chi connectivity index (χ1n) is 6.16. The summed E-state index contributed by atoms with van der Waals surface area (Å²) in [6, 6.07) is 6.66. The molecule has 2 amide bonds. The number of nitrogens with one attached hydrogen (secondary N) is 2. The Kier molecular flexibility index (Phi) is 4.01. The fourth-order valence-corrected chi connectivity index (χ4v) is 2.19. The van der Waals surface area contributed by atoms with Crippen molar-refractivity contribution in [2.24, 2.45) is 5.73 Å². The zero-order chi connectivity index (χ0) is 13.8. The highest BCUT2D eigenvalue weighted by atomic mass is 16.4. The number of carbonyl (C=O) groups excluding carboxylic acids is 1. The average Bonchev–Trinajstić information content (AvgIpc) is 2.77. The van der Waals surface area contributed by atoms with Crippen LogP contribution in [-0.4, -0.2) is 35.7 Å². The zero-order valence-corrected chi connectivity index (χ0v) is 10.4. The number of carbonyl (C=O) groups is 2. The minimum atomic E-state index is -1.13. The Balaban J connectivity index is 1.78. The maximum absolute atomic E-state index is 11.6. The zero-order valence-electron chi connectivity index (χ0n) is 10.4. The maximum Gasteiger partial charge on any atom is 0.322 e. The van der Waals surface area contributed by atoms with Crippen molar-refractivity contribution in [2.45, 2.75) is 24.9 Å². The molecule has 102 valence electrons. The number of urea groups is 1. The van der Waals surface area contributed by atoms with Gasteiger partial charge in [-0.25, -0.2) is 4.79 Å². The van der Waals surface area contributed by atoms with Gasteiger partial charge in [0.05, 0.1) is 0 Å². The molecular formula is C13H17N3O3. The van der Waals surface area contributed by atoms with Crippen molar-refractivity contribution in [3.8, 4) is 0 Å². The number of amides is 2. The summed E-state index contributed by atoms with van der Waals surface area (Å²) in [5.74, 6) is -1.13. The van der Waals surface area contributed by atoms with Crippen molar-refractivity contribution in [2.75, 3.05) is 6.54 Å². The van der Waals surface area contributed by atoms with Gasteiger partial charge in [0.1, 0.15) is 6.04 Å². The van der Waals surface area contributed by atoms with Crippen LogP contribution >= 0.6 is 0 Å². The highest BCUT2D eigenvalue weighted by Crippen LogP contribution is 2.21.